The molecule has 0 aliphatic heterocycles. The lowest BCUT2D eigenvalue weighted by atomic mass is 9.83. The van der Waals surface area contributed by atoms with Gasteiger partial charge in [-0.3, -0.25) is 0 Å². The molecule has 2 aliphatic carbocycles. The first-order chi connectivity index (χ1) is 10.2. The molecule has 4 heteroatoms. The normalized spacial score (nSPS) is 29.4. The van der Waals surface area contributed by atoms with E-state index in [1.165, 1.54) is 31.2 Å². The van der Waals surface area contributed by atoms with Crippen molar-refractivity contribution in [1.29, 1.82) is 0 Å². The monoisotopic (exact) mass is 366 g/mol. The third-order valence-electron chi connectivity index (χ3n) is 5.66. The Morgan fingerprint density at radius 2 is 2.24 bits per heavy atom. The zero-order valence-electron chi connectivity index (χ0n) is 12.2. The Bertz CT molecular complexity index is 681. The third-order valence-corrected chi connectivity index (χ3v) is 6.40. The maximum absolute atomic E-state index is 6.18. The third kappa shape index (κ3) is 2.24. The van der Waals surface area contributed by atoms with Crippen molar-refractivity contribution in [3.63, 3.8) is 0 Å². The molecule has 2 bridgehead atoms. The van der Waals surface area contributed by atoms with Crippen molar-refractivity contribution in [3.8, 4) is 0 Å². The minimum atomic E-state index is 0.484. The summed E-state index contributed by atoms with van der Waals surface area (Å²) in [6.45, 7) is 2.37. The van der Waals surface area contributed by atoms with Crippen LogP contribution in [0, 0.1) is 17.8 Å². The molecule has 2 saturated carbocycles. The number of hydrogen-bond acceptors (Lipinski definition) is 1. The summed E-state index contributed by atoms with van der Waals surface area (Å²) in [5.41, 5.74) is 2.28. The molecule has 4 unspecified atom stereocenters. The molecule has 4 rings (SSSR count). The molecule has 0 saturated heterocycles. The van der Waals surface area contributed by atoms with E-state index >= 15 is 0 Å². The Kier molecular flexibility index (Phi) is 3.54. The average molecular weight is 368 g/mol. The van der Waals surface area contributed by atoms with Crippen LogP contribution < -0.4 is 0 Å². The van der Waals surface area contributed by atoms with E-state index in [4.69, 9.17) is 16.6 Å². The molecule has 4 atom stereocenters. The van der Waals surface area contributed by atoms with E-state index < -0.39 is 0 Å². The van der Waals surface area contributed by atoms with Crippen molar-refractivity contribution in [3.05, 3.63) is 28.5 Å². The molecule has 0 radical (unpaired) electrons. The van der Waals surface area contributed by atoms with Crippen molar-refractivity contribution in [2.24, 2.45) is 17.8 Å². The Labute approximate surface area is 139 Å². The minimum Gasteiger partial charge on any atom is -0.324 e. The zero-order valence-corrected chi connectivity index (χ0v) is 14.6. The van der Waals surface area contributed by atoms with Crippen LogP contribution in [-0.4, -0.2) is 9.55 Å². The van der Waals surface area contributed by atoms with E-state index in [9.17, 15) is 0 Å². The summed E-state index contributed by atoms with van der Waals surface area (Å²) in [6, 6.07) is 6.87. The summed E-state index contributed by atoms with van der Waals surface area (Å²) in [4.78, 5) is 4.75. The van der Waals surface area contributed by atoms with Gasteiger partial charge in [0.05, 0.1) is 16.9 Å². The maximum atomic E-state index is 6.18. The number of alkyl halides is 1. The number of rotatable bonds is 3. The Morgan fingerprint density at radius 3 is 2.90 bits per heavy atom. The number of imidazole rings is 1. The highest BCUT2D eigenvalue weighted by Gasteiger charge is 2.42. The first kappa shape index (κ1) is 14.1. The molecule has 2 aliphatic rings. The molecule has 1 heterocycles. The fourth-order valence-electron chi connectivity index (χ4n) is 4.75. The van der Waals surface area contributed by atoms with Gasteiger partial charge < -0.3 is 4.57 Å². The quantitative estimate of drug-likeness (QED) is 0.652. The minimum absolute atomic E-state index is 0.484. The van der Waals surface area contributed by atoms with E-state index in [0.29, 0.717) is 11.9 Å². The highest BCUT2D eigenvalue weighted by molar-refractivity contribution is 9.10. The van der Waals surface area contributed by atoms with Gasteiger partial charge in [-0.2, -0.15) is 0 Å². The number of aromatic nitrogens is 2. The van der Waals surface area contributed by atoms with Crippen LogP contribution in [0.15, 0.2) is 22.7 Å². The van der Waals surface area contributed by atoms with Gasteiger partial charge in [-0.15, -0.1) is 11.6 Å². The van der Waals surface area contributed by atoms with Crippen molar-refractivity contribution in [2.75, 3.05) is 0 Å². The van der Waals surface area contributed by atoms with Crippen LogP contribution in [0.1, 0.15) is 44.5 Å². The number of fused-ring (bicyclic) bond motifs is 3. The second-order valence-electron chi connectivity index (χ2n) is 6.74. The predicted molar refractivity (Wildman–Crippen MR) is 90.6 cm³/mol. The SMILES string of the molecule is CC(C1CC2CCC1C2)n1c(CCl)nc2cc(Br)ccc21. The van der Waals surface area contributed by atoms with Crippen LogP contribution in [-0.2, 0) is 5.88 Å². The van der Waals surface area contributed by atoms with Gasteiger partial charge in [-0.05, 0) is 62.1 Å². The molecule has 2 aromatic rings. The van der Waals surface area contributed by atoms with Gasteiger partial charge in [0.25, 0.3) is 0 Å². The van der Waals surface area contributed by atoms with E-state index in [1.54, 1.807) is 0 Å². The lowest BCUT2D eigenvalue weighted by molar-refractivity contribution is 0.244. The molecular weight excluding hydrogens is 348 g/mol. The van der Waals surface area contributed by atoms with Crippen LogP contribution in [0.5, 0.6) is 0 Å². The Hall–Kier alpha value is -0.540. The molecule has 0 spiro atoms. The van der Waals surface area contributed by atoms with Gasteiger partial charge in [0.1, 0.15) is 5.82 Å². The highest BCUT2D eigenvalue weighted by Crippen LogP contribution is 2.52. The molecule has 112 valence electrons. The van der Waals surface area contributed by atoms with Crippen LogP contribution in [0.25, 0.3) is 11.0 Å². The topological polar surface area (TPSA) is 17.8 Å². The van der Waals surface area contributed by atoms with E-state index in [2.05, 4.69) is 45.6 Å². The molecular formula is C17H20BrClN2. The summed E-state index contributed by atoms with van der Waals surface area (Å²) < 4.78 is 3.48. The second kappa shape index (κ2) is 5.27. The Morgan fingerprint density at radius 1 is 1.38 bits per heavy atom. The van der Waals surface area contributed by atoms with Crippen molar-refractivity contribution >= 4 is 38.6 Å². The van der Waals surface area contributed by atoms with Gasteiger partial charge in [-0.25, -0.2) is 4.98 Å². The van der Waals surface area contributed by atoms with Crippen LogP contribution in [0.2, 0.25) is 0 Å². The summed E-state index contributed by atoms with van der Waals surface area (Å²) in [7, 11) is 0. The number of halogens is 2. The summed E-state index contributed by atoms with van der Waals surface area (Å²) in [5.74, 6) is 4.19. The summed E-state index contributed by atoms with van der Waals surface area (Å²) in [6.07, 6.45) is 5.72. The molecule has 0 N–H and O–H groups in total. The lowest BCUT2D eigenvalue weighted by Crippen LogP contribution is -2.23. The summed E-state index contributed by atoms with van der Waals surface area (Å²) >= 11 is 9.71. The average Bonchev–Trinajstić information content (AvgIpc) is 3.18. The molecule has 1 aromatic heterocycles. The second-order valence-corrected chi connectivity index (χ2v) is 7.93. The smallest absolute Gasteiger partial charge is 0.125 e. The van der Waals surface area contributed by atoms with Gasteiger partial charge in [-0.1, -0.05) is 22.4 Å². The lowest BCUT2D eigenvalue weighted by Gasteiger charge is -2.30. The molecule has 1 aromatic carbocycles. The fourth-order valence-corrected chi connectivity index (χ4v) is 5.28. The molecule has 2 nitrogen and oxygen atoms in total. The van der Waals surface area contributed by atoms with Gasteiger partial charge >= 0.3 is 0 Å². The number of benzene rings is 1. The number of nitrogens with zero attached hydrogens (tertiary/aromatic N) is 2. The zero-order chi connectivity index (χ0) is 14.6. The largest absolute Gasteiger partial charge is 0.324 e. The highest BCUT2D eigenvalue weighted by atomic mass is 79.9. The van der Waals surface area contributed by atoms with Crippen LogP contribution in [0.3, 0.4) is 0 Å². The predicted octanol–water partition coefficient (Wildman–Crippen LogP) is 5.53. The van der Waals surface area contributed by atoms with Crippen molar-refractivity contribution in [2.45, 2.75) is 44.5 Å². The van der Waals surface area contributed by atoms with Crippen LogP contribution >= 0.6 is 27.5 Å². The number of hydrogen-bond donors (Lipinski definition) is 0. The Balaban J connectivity index is 1.77. The van der Waals surface area contributed by atoms with Gasteiger partial charge in [0, 0.05) is 10.5 Å². The fraction of sp³-hybridized carbons (Fsp3) is 0.588. The summed E-state index contributed by atoms with van der Waals surface area (Å²) in [5, 5.41) is 0. The van der Waals surface area contributed by atoms with E-state index in [0.717, 1.165) is 33.6 Å². The first-order valence-electron chi connectivity index (χ1n) is 7.89. The molecule has 21 heavy (non-hydrogen) atoms. The van der Waals surface area contributed by atoms with Crippen molar-refractivity contribution in [1.82, 2.24) is 9.55 Å². The van der Waals surface area contributed by atoms with Gasteiger partial charge in [0.2, 0.25) is 0 Å². The standard InChI is InChI=1S/C17H20BrClN2/c1-10(14-7-11-2-3-12(14)6-11)21-16-5-4-13(18)8-15(16)20-17(21)9-19/h4-5,8,10-12,14H,2-3,6-7,9H2,1H3. The van der Waals surface area contributed by atoms with E-state index in [1.807, 2.05) is 0 Å². The van der Waals surface area contributed by atoms with Crippen LogP contribution in [0.4, 0.5) is 0 Å². The first-order valence-corrected chi connectivity index (χ1v) is 9.22. The van der Waals surface area contributed by atoms with Gasteiger partial charge in [0.15, 0.2) is 0 Å². The van der Waals surface area contributed by atoms with E-state index in [-0.39, 0.29) is 0 Å². The van der Waals surface area contributed by atoms with Crippen molar-refractivity contribution < 1.29 is 0 Å². The maximum Gasteiger partial charge on any atom is 0.125 e. The molecule has 2 fully saturated rings. The molecule has 0 amide bonds.